The van der Waals surface area contributed by atoms with Gasteiger partial charge in [-0.25, -0.2) is 0 Å². The number of para-hydroxylation sites is 1. The van der Waals surface area contributed by atoms with Gasteiger partial charge in [-0.2, -0.15) is 0 Å². The van der Waals surface area contributed by atoms with Gasteiger partial charge in [0.2, 0.25) is 0 Å². The first-order valence-corrected chi connectivity index (χ1v) is 9.97. The average Bonchev–Trinajstić information content (AvgIpc) is 2.97. The third-order valence-corrected chi connectivity index (χ3v) is 6.51. The van der Waals surface area contributed by atoms with E-state index >= 15 is 0 Å². The second-order valence-electron chi connectivity index (χ2n) is 8.08. The highest BCUT2D eigenvalue weighted by molar-refractivity contribution is 5.85. The molecule has 1 aromatic rings. The third-order valence-electron chi connectivity index (χ3n) is 6.51. The lowest BCUT2D eigenvalue weighted by atomic mass is 9.76. The molecule has 1 spiro atoms. The first-order chi connectivity index (χ1) is 12.7. The molecule has 0 aromatic heterocycles. The molecule has 3 aliphatic rings. The molecule has 1 aromatic carbocycles. The molecule has 0 radical (unpaired) electrons. The largest absolute Gasteiger partial charge is 0.496 e. The molecular formula is C21H32Cl2N2O3. The van der Waals surface area contributed by atoms with Crippen LogP contribution in [-0.4, -0.2) is 56.8 Å². The fraction of sp³-hybridized carbons (Fsp3) is 0.667. The normalized spacial score (nSPS) is 24.9. The van der Waals surface area contributed by atoms with Crippen LogP contribution in [0.5, 0.6) is 5.75 Å². The van der Waals surface area contributed by atoms with E-state index < -0.39 is 0 Å². The van der Waals surface area contributed by atoms with Gasteiger partial charge in [0.05, 0.1) is 12.5 Å². The Morgan fingerprint density at radius 3 is 2.54 bits per heavy atom. The highest BCUT2D eigenvalue weighted by atomic mass is 35.5. The fourth-order valence-electron chi connectivity index (χ4n) is 4.97. The van der Waals surface area contributed by atoms with Gasteiger partial charge in [-0.15, -0.1) is 24.8 Å². The van der Waals surface area contributed by atoms with Crippen molar-refractivity contribution in [3.05, 3.63) is 29.8 Å². The molecule has 158 valence electrons. The molecule has 1 unspecified atom stereocenters. The molecule has 28 heavy (non-hydrogen) atoms. The molecule has 4 rings (SSSR count). The number of esters is 1. The van der Waals surface area contributed by atoms with Gasteiger partial charge in [-0.05, 0) is 69.4 Å². The first-order valence-electron chi connectivity index (χ1n) is 9.97. The number of carbonyl (C=O) groups excluding carboxylic acids is 1. The second-order valence-corrected chi connectivity index (χ2v) is 8.08. The number of piperidine rings is 2. The molecule has 0 saturated carbocycles. The number of methoxy groups -OCH3 is 1. The van der Waals surface area contributed by atoms with Crippen LogP contribution in [0.25, 0.3) is 0 Å². The number of nitrogens with one attached hydrogen (secondary N) is 1. The summed E-state index contributed by atoms with van der Waals surface area (Å²) in [4.78, 5) is 14.9. The van der Waals surface area contributed by atoms with Crippen molar-refractivity contribution in [2.45, 2.75) is 44.1 Å². The Balaban J connectivity index is 0.00000140. The number of hydrogen-bond acceptors (Lipinski definition) is 5. The van der Waals surface area contributed by atoms with E-state index in [0.717, 1.165) is 70.6 Å². The van der Waals surface area contributed by atoms with Crippen molar-refractivity contribution in [3.63, 3.8) is 0 Å². The van der Waals surface area contributed by atoms with Crippen molar-refractivity contribution in [2.75, 3.05) is 39.8 Å². The van der Waals surface area contributed by atoms with Crippen LogP contribution < -0.4 is 10.1 Å². The van der Waals surface area contributed by atoms with Crippen molar-refractivity contribution in [3.8, 4) is 5.75 Å². The van der Waals surface area contributed by atoms with Crippen molar-refractivity contribution >= 4 is 30.8 Å². The van der Waals surface area contributed by atoms with E-state index in [-0.39, 0.29) is 42.3 Å². The van der Waals surface area contributed by atoms with E-state index in [1.54, 1.807) is 7.11 Å². The molecule has 0 amide bonds. The van der Waals surface area contributed by atoms with E-state index in [1.165, 1.54) is 5.56 Å². The highest BCUT2D eigenvalue weighted by Crippen LogP contribution is 2.42. The molecule has 3 aliphatic heterocycles. The topological polar surface area (TPSA) is 50.8 Å². The molecule has 1 atom stereocenters. The maximum Gasteiger partial charge on any atom is 0.312 e. The Kier molecular flexibility index (Phi) is 8.44. The van der Waals surface area contributed by atoms with Crippen molar-refractivity contribution in [1.82, 2.24) is 10.2 Å². The van der Waals surface area contributed by atoms with Gasteiger partial charge in [-0.1, -0.05) is 18.2 Å². The summed E-state index contributed by atoms with van der Waals surface area (Å²) in [5, 5.41) is 3.35. The molecule has 5 nitrogen and oxygen atoms in total. The van der Waals surface area contributed by atoms with Crippen molar-refractivity contribution in [2.24, 2.45) is 5.41 Å². The van der Waals surface area contributed by atoms with Gasteiger partial charge in [-0.3, -0.25) is 9.69 Å². The monoisotopic (exact) mass is 430 g/mol. The van der Waals surface area contributed by atoms with Gasteiger partial charge in [0, 0.05) is 13.0 Å². The number of likely N-dealkylation sites (tertiary alicyclic amines) is 1. The summed E-state index contributed by atoms with van der Waals surface area (Å²) < 4.78 is 11.3. The summed E-state index contributed by atoms with van der Waals surface area (Å²) in [7, 11) is 1.75. The predicted octanol–water partition coefficient (Wildman–Crippen LogP) is 3.40. The Morgan fingerprint density at radius 2 is 1.86 bits per heavy atom. The van der Waals surface area contributed by atoms with E-state index in [9.17, 15) is 4.79 Å². The summed E-state index contributed by atoms with van der Waals surface area (Å²) in [5.74, 6) is 1.61. The lowest BCUT2D eigenvalue weighted by Crippen LogP contribution is -2.40. The summed E-state index contributed by atoms with van der Waals surface area (Å²) >= 11 is 0. The van der Waals surface area contributed by atoms with Gasteiger partial charge in [0.25, 0.3) is 0 Å². The highest BCUT2D eigenvalue weighted by Gasteiger charge is 2.49. The number of carbonyl (C=O) groups is 1. The van der Waals surface area contributed by atoms with E-state index in [2.05, 4.69) is 28.4 Å². The van der Waals surface area contributed by atoms with Crippen LogP contribution >= 0.6 is 24.8 Å². The summed E-state index contributed by atoms with van der Waals surface area (Å²) in [6.45, 7) is 4.88. The minimum absolute atomic E-state index is 0. The van der Waals surface area contributed by atoms with Gasteiger partial charge >= 0.3 is 5.97 Å². The number of nitrogens with zero attached hydrogens (tertiary/aromatic N) is 1. The third kappa shape index (κ3) is 4.76. The average molecular weight is 431 g/mol. The Bertz CT molecular complexity index is 644. The molecule has 7 heteroatoms. The maximum atomic E-state index is 12.4. The first kappa shape index (κ1) is 23.3. The lowest BCUT2D eigenvalue weighted by molar-refractivity contribution is -0.150. The van der Waals surface area contributed by atoms with Gasteiger partial charge in [0.15, 0.2) is 0 Å². The van der Waals surface area contributed by atoms with Crippen LogP contribution in [-0.2, 0) is 9.53 Å². The SMILES string of the molecule is COc1ccccc1C1CCN(CC2CC3(CCNCC3)C(=O)O2)CC1.Cl.Cl. The molecular weight excluding hydrogens is 399 g/mol. The number of hydrogen-bond donors (Lipinski definition) is 1. The van der Waals surface area contributed by atoms with Crippen LogP contribution in [0.1, 0.15) is 43.6 Å². The van der Waals surface area contributed by atoms with Crippen LogP contribution in [0.4, 0.5) is 0 Å². The summed E-state index contributed by atoms with van der Waals surface area (Å²) in [6, 6.07) is 8.38. The lowest BCUT2D eigenvalue weighted by Gasteiger charge is -2.34. The van der Waals surface area contributed by atoms with Crippen LogP contribution in [0, 0.1) is 5.41 Å². The number of halogens is 2. The molecule has 3 fully saturated rings. The molecule has 0 aliphatic carbocycles. The Hall–Kier alpha value is -1.01. The number of benzene rings is 1. The Labute approximate surface area is 180 Å². The number of cyclic esters (lactones) is 1. The zero-order valence-corrected chi connectivity index (χ0v) is 18.2. The second kappa shape index (κ2) is 10.1. The quantitative estimate of drug-likeness (QED) is 0.741. The van der Waals surface area contributed by atoms with E-state index in [4.69, 9.17) is 9.47 Å². The molecule has 1 N–H and O–H groups in total. The zero-order valence-electron chi connectivity index (χ0n) is 16.5. The van der Waals surface area contributed by atoms with Gasteiger partial charge < -0.3 is 14.8 Å². The minimum atomic E-state index is -0.203. The predicted molar refractivity (Wildman–Crippen MR) is 115 cm³/mol. The van der Waals surface area contributed by atoms with Crippen molar-refractivity contribution in [1.29, 1.82) is 0 Å². The molecule has 0 bridgehead atoms. The van der Waals surface area contributed by atoms with E-state index in [1.807, 2.05) is 6.07 Å². The van der Waals surface area contributed by atoms with Crippen LogP contribution in [0.15, 0.2) is 24.3 Å². The smallest absolute Gasteiger partial charge is 0.312 e. The maximum absolute atomic E-state index is 12.4. The molecule has 3 saturated heterocycles. The fourth-order valence-corrected chi connectivity index (χ4v) is 4.97. The number of rotatable bonds is 4. The Morgan fingerprint density at radius 1 is 1.18 bits per heavy atom. The summed E-state index contributed by atoms with van der Waals surface area (Å²) in [5.41, 5.74) is 1.13. The minimum Gasteiger partial charge on any atom is -0.496 e. The van der Waals surface area contributed by atoms with Crippen molar-refractivity contribution < 1.29 is 14.3 Å². The van der Waals surface area contributed by atoms with Crippen LogP contribution in [0.2, 0.25) is 0 Å². The van der Waals surface area contributed by atoms with E-state index in [0.29, 0.717) is 5.92 Å². The zero-order chi connectivity index (χ0) is 18.0. The standard InChI is InChI=1S/C21H30N2O3.2ClH/c1-25-19-5-3-2-4-18(19)16-6-12-23(13-7-16)15-17-14-21(20(24)26-17)8-10-22-11-9-21;;/h2-5,16-17,22H,6-15H2,1H3;2*1H. The van der Waals surface area contributed by atoms with Gasteiger partial charge in [0.1, 0.15) is 11.9 Å². The number of ether oxygens (including phenoxy) is 2. The molecule has 3 heterocycles. The van der Waals surface area contributed by atoms with Crippen LogP contribution in [0.3, 0.4) is 0 Å². The summed E-state index contributed by atoms with van der Waals surface area (Å²) in [6.07, 6.45) is 5.10.